The monoisotopic (exact) mass is 416 g/mol. The Morgan fingerprint density at radius 3 is 2.53 bits per heavy atom. The summed E-state index contributed by atoms with van der Waals surface area (Å²) in [5, 5.41) is 2.44. The average Bonchev–Trinajstić information content (AvgIpc) is 3.19. The summed E-state index contributed by atoms with van der Waals surface area (Å²) in [5.74, 6) is 4.07. The van der Waals surface area contributed by atoms with Gasteiger partial charge in [-0.1, -0.05) is 47.9 Å². The van der Waals surface area contributed by atoms with Crippen LogP contribution in [0.15, 0.2) is 78.9 Å². The van der Waals surface area contributed by atoms with Crippen LogP contribution in [0.4, 0.5) is 0 Å². The van der Waals surface area contributed by atoms with E-state index in [0.29, 0.717) is 23.7 Å². The molecule has 1 saturated heterocycles. The number of ketones is 1. The van der Waals surface area contributed by atoms with E-state index in [4.69, 9.17) is 22.8 Å². The van der Waals surface area contributed by atoms with Gasteiger partial charge in [-0.2, -0.15) is 0 Å². The van der Waals surface area contributed by atoms with E-state index >= 15 is 0 Å². The minimum absolute atomic E-state index is 0.00583. The number of hydrogen-bond donors (Lipinski definition) is 1. The number of ether oxygens (including phenoxy) is 1. The van der Waals surface area contributed by atoms with Crippen molar-refractivity contribution in [2.75, 3.05) is 13.1 Å². The molecule has 2 unspecified atom stereocenters. The molecule has 3 aromatic rings. The second kappa shape index (κ2) is 9.15. The number of benzene rings is 3. The first-order valence-electron chi connectivity index (χ1n) is 9.72. The molecule has 0 amide bonds. The first-order valence-corrected chi connectivity index (χ1v) is 10.1. The molecule has 0 aromatic heterocycles. The maximum absolute atomic E-state index is 13.4. The summed E-state index contributed by atoms with van der Waals surface area (Å²) in [7, 11) is 0. The van der Waals surface area contributed by atoms with E-state index in [1.54, 1.807) is 24.3 Å². The number of para-hydroxylation sites is 1. The van der Waals surface area contributed by atoms with Crippen LogP contribution in [0.5, 0.6) is 11.5 Å². The van der Waals surface area contributed by atoms with Crippen molar-refractivity contribution in [1.82, 2.24) is 10.4 Å². The smallest absolute Gasteiger partial charge is 0.182 e. The summed E-state index contributed by atoms with van der Waals surface area (Å²) >= 11 is 5.99. The highest BCUT2D eigenvalue weighted by Crippen LogP contribution is 2.32. The van der Waals surface area contributed by atoms with Gasteiger partial charge in [0.15, 0.2) is 5.78 Å². The number of carbonyl (C=O) groups excluding carboxylic acids is 1. The quantitative estimate of drug-likeness (QED) is 0.457. The van der Waals surface area contributed by atoms with E-state index < -0.39 is 6.04 Å². The number of rotatable bonds is 6. The lowest BCUT2D eigenvalue weighted by Gasteiger charge is -2.25. The Morgan fingerprint density at radius 2 is 1.80 bits per heavy atom. The summed E-state index contributed by atoms with van der Waals surface area (Å²) in [4.78, 5) is 13.4. The molecular weight excluding hydrogens is 396 g/mol. The number of terminal acetylenes is 1. The van der Waals surface area contributed by atoms with Crippen molar-refractivity contribution in [3.63, 3.8) is 0 Å². The van der Waals surface area contributed by atoms with Crippen molar-refractivity contribution in [3.05, 3.63) is 95.0 Å². The minimum atomic E-state index is -0.422. The second-order valence-corrected chi connectivity index (χ2v) is 7.54. The summed E-state index contributed by atoms with van der Waals surface area (Å²) in [6.07, 6.45) is 5.54. The van der Waals surface area contributed by atoms with Crippen molar-refractivity contribution in [2.45, 2.75) is 12.0 Å². The molecule has 1 fully saturated rings. The van der Waals surface area contributed by atoms with Gasteiger partial charge >= 0.3 is 0 Å². The zero-order chi connectivity index (χ0) is 20.9. The third kappa shape index (κ3) is 4.39. The predicted octanol–water partition coefficient (Wildman–Crippen LogP) is 4.92. The van der Waals surface area contributed by atoms with E-state index in [2.05, 4.69) is 11.3 Å². The molecule has 1 aliphatic rings. The zero-order valence-corrected chi connectivity index (χ0v) is 17.0. The van der Waals surface area contributed by atoms with Crippen LogP contribution in [0.25, 0.3) is 0 Å². The normalized spacial score (nSPS) is 18.7. The average molecular weight is 417 g/mol. The zero-order valence-electron chi connectivity index (χ0n) is 16.3. The second-order valence-electron chi connectivity index (χ2n) is 7.10. The SMILES string of the molecule is C#CCN1NCC(c2cccc(Oc3ccccc3)c2)C1C(=O)c1ccc(Cl)cc1. The predicted molar refractivity (Wildman–Crippen MR) is 119 cm³/mol. The van der Waals surface area contributed by atoms with Crippen LogP contribution < -0.4 is 10.2 Å². The van der Waals surface area contributed by atoms with Crippen molar-refractivity contribution in [2.24, 2.45) is 0 Å². The third-order valence-corrected chi connectivity index (χ3v) is 5.41. The fourth-order valence-corrected chi connectivity index (χ4v) is 3.86. The number of carbonyl (C=O) groups is 1. The molecule has 1 N–H and O–H groups in total. The van der Waals surface area contributed by atoms with Crippen LogP contribution in [0.1, 0.15) is 21.8 Å². The minimum Gasteiger partial charge on any atom is -0.457 e. The molecular formula is C25H21ClN2O2. The van der Waals surface area contributed by atoms with Crippen LogP contribution >= 0.6 is 11.6 Å². The van der Waals surface area contributed by atoms with Gasteiger partial charge in [-0.15, -0.1) is 6.42 Å². The highest BCUT2D eigenvalue weighted by Gasteiger charge is 2.40. The van der Waals surface area contributed by atoms with E-state index in [-0.39, 0.29) is 11.7 Å². The lowest BCUT2D eigenvalue weighted by molar-refractivity contribution is 0.0832. The Bertz CT molecular complexity index is 1060. The lowest BCUT2D eigenvalue weighted by atomic mass is 9.87. The molecule has 2 atom stereocenters. The summed E-state index contributed by atoms with van der Waals surface area (Å²) in [6.45, 7) is 0.946. The molecule has 0 radical (unpaired) electrons. The van der Waals surface area contributed by atoms with Crippen LogP contribution in [-0.4, -0.2) is 29.9 Å². The summed E-state index contributed by atoms with van der Waals surface area (Å²) in [5.41, 5.74) is 4.92. The molecule has 0 spiro atoms. The molecule has 1 heterocycles. The number of Topliss-reactive ketones (excluding diaryl/α,β-unsaturated/α-hetero) is 1. The van der Waals surface area contributed by atoms with Gasteiger partial charge in [0.2, 0.25) is 0 Å². The lowest BCUT2D eigenvalue weighted by Crippen LogP contribution is -2.43. The van der Waals surface area contributed by atoms with E-state index in [1.807, 2.05) is 59.6 Å². The van der Waals surface area contributed by atoms with Crippen molar-refractivity contribution < 1.29 is 9.53 Å². The number of hydrogen-bond acceptors (Lipinski definition) is 4. The number of halogens is 1. The highest BCUT2D eigenvalue weighted by atomic mass is 35.5. The summed E-state index contributed by atoms with van der Waals surface area (Å²) in [6, 6.07) is 24.0. The fourth-order valence-electron chi connectivity index (χ4n) is 3.74. The van der Waals surface area contributed by atoms with Crippen molar-refractivity contribution in [3.8, 4) is 23.8 Å². The molecule has 0 aliphatic carbocycles. The van der Waals surface area contributed by atoms with Crippen LogP contribution in [0.2, 0.25) is 5.02 Å². The van der Waals surface area contributed by atoms with Gasteiger partial charge in [0.25, 0.3) is 0 Å². The van der Waals surface area contributed by atoms with Gasteiger partial charge < -0.3 is 4.74 Å². The molecule has 4 rings (SSSR count). The maximum atomic E-state index is 13.4. The van der Waals surface area contributed by atoms with Crippen LogP contribution in [-0.2, 0) is 0 Å². The van der Waals surface area contributed by atoms with Gasteiger partial charge in [-0.05, 0) is 54.1 Å². The Kier molecular flexibility index (Phi) is 6.15. The largest absolute Gasteiger partial charge is 0.457 e. The molecule has 4 nitrogen and oxygen atoms in total. The van der Waals surface area contributed by atoms with Crippen molar-refractivity contribution in [1.29, 1.82) is 0 Å². The molecule has 30 heavy (non-hydrogen) atoms. The van der Waals surface area contributed by atoms with Gasteiger partial charge in [0.05, 0.1) is 12.6 Å². The van der Waals surface area contributed by atoms with Gasteiger partial charge in [0.1, 0.15) is 11.5 Å². The fraction of sp³-hybridized carbons (Fsp3) is 0.160. The highest BCUT2D eigenvalue weighted by molar-refractivity contribution is 6.30. The number of nitrogens with one attached hydrogen (secondary N) is 1. The van der Waals surface area contributed by atoms with Crippen molar-refractivity contribution >= 4 is 17.4 Å². The maximum Gasteiger partial charge on any atom is 0.182 e. The number of hydrazine groups is 1. The van der Waals surface area contributed by atoms with Crippen LogP contribution in [0, 0.1) is 12.3 Å². The first-order chi connectivity index (χ1) is 14.7. The topological polar surface area (TPSA) is 41.6 Å². The van der Waals surface area contributed by atoms with Crippen LogP contribution in [0.3, 0.4) is 0 Å². The number of nitrogens with zero attached hydrogens (tertiary/aromatic N) is 1. The molecule has 5 heteroatoms. The Hall–Kier alpha value is -3.10. The molecule has 1 aliphatic heterocycles. The Balaban J connectivity index is 1.63. The molecule has 0 saturated carbocycles. The van der Waals surface area contributed by atoms with Gasteiger partial charge in [-0.3, -0.25) is 10.2 Å². The Labute approximate surface area is 181 Å². The standard InChI is InChI=1S/C25H21ClN2O2/c1-2-15-28-24(25(29)18-11-13-20(26)14-12-18)23(17-27-28)19-7-6-10-22(16-19)30-21-8-4-3-5-9-21/h1,3-14,16,23-24,27H,15,17H2. The van der Waals surface area contributed by atoms with Gasteiger partial charge in [0, 0.05) is 23.0 Å². The summed E-state index contributed by atoms with van der Waals surface area (Å²) < 4.78 is 5.98. The molecule has 150 valence electrons. The van der Waals surface area contributed by atoms with E-state index in [1.165, 1.54) is 0 Å². The molecule has 0 bridgehead atoms. The third-order valence-electron chi connectivity index (χ3n) is 5.16. The van der Waals surface area contributed by atoms with E-state index in [9.17, 15) is 4.79 Å². The first kappa shape index (κ1) is 20.2. The molecule has 3 aromatic carbocycles. The van der Waals surface area contributed by atoms with Gasteiger partial charge in [-0.25, -0.2) is 5.01 Å². The Morgan fingerprint density at radius 1 is 1.07 bits per heavy atom. The van der Waals surface area contributed by atoms with E-state index in [0.717, 1.165) is 17.1 Å².